The Morgan fingerprint density at radius 1 is 1.33 bits per heavy atom. The van der Waals surface area contributed by atoms with Gasteiger partial charge in [-0.3, -0.25) is 4.40 Å². The van der Waals surface area contributed by atoms with E-state index in [0.717, 1.165) is 0 Å². The van der Waals surface area contributed by atoms with Crippen molar-refractivity contribution in [3.63, 3.8) is 0 Å². The smallest absolute Gasteiger partial charge is 0.349 e. The lowest BCUT2D eigenvalue weighted by atomic mass is 10.1. The van der Waals surface area contributed by atoms with Crippen LogP contribution in [0.15, 0.2) is 30.6 Å². The van der Waals surface area contributed by atoms with E-state index in [2.05, 4.69) is 9.72 Å². The summed E-state index contributed by atoms with van der Waals surface area (Å²) in [5.41, 5.74) is 1.27. The number of hydrogen-bond acceptors (Lipinski definition) is 5. The van der Waals surface area contributed by atoms with E-state index >= 15 is 0 Å². The van der Waals surface area contributed by atoms with Gasteiger partial charge >= 0.3 is 5.97 Å². The molecule has 5 nitrogen and oxygen atoms in total. The number of carbonyl (C=O) groups is 1. The first-order valence-corrected chi connectivity index (χ1v) is 6.85. The van der Waals surface area contributed by atoms with Crippen molar-refractivity contribution in [1.82, 2.24) is 9.38 Å². The van der Waals surface area contributed by atoms with Gasteiger partial charge in [-0.05, 0) is 18.2 Å². The SMILES string of the molecule is COC(=O)c1cn2cc(-c3ccc(OC)c(F)c3)nc2s1. The van der Waals surface area contributed by atoms with Crippen molar-refractivity contribution in [3.05, 3.63) is 41.3 Å². The standard InChI is InChI=1S/C14H11FN2O3S/c1-19-11-4-3-8(5-9(11)15)10-6-17-7-12(13(18)20-2)21-14(17)16-10/h3-7H,1-2H3. The number of fused-ring (bicyclic) bond motifs is 1. The Labute approximate surface area is 123 Å². The third-order valence-corrected chi connectivity index (χ3v) is 3.97. The molecular formula is C14H11FN2O3S. The highest BCUT2D eigenvalue weighted by Crippen LogP contribution is 2.27. The number of nitrogens with zero attached hydrogens (tertiary/aromatic N) is 2. The van der Waals surface area contributed by atoms with Crippen LogP contribution >= 0.6 is 11.3 Å². The Balaban J connectivity index is 1.99. The van der Waals surface area contributed by atoms with Crippen LogP contribution in [0.25, 0.3) is 16.2 Å². The van der Waals surface area contributed by atoms with E-state index in [4.69, 9.17) is 4.74 Å². The number of ether oxygens (including phenoxy) is 2. The lowest BCUT2D eigenvalue weighted by Gasteiger charge is -2.02. The van der Waals surface area contributed by atoms with Gasteiger partial charge in [0.1, 0.15) is 4.88 Å². The predicted octanol–water partition coefficient (Wildman–Crippen LogP) is 3.00. The van der Waals surface area contributed by atoms with Crippen LogP contribution in [0.2, 0.25) is 0 Å². The van der Waals surface area contributed by atoms with Crippen molar-refractivity contribution in [2.45, 2.75) is 0 Å². The molecule has 3 aromatic rings. The molecule has 0 aliphatic heterocycles. The van der Waals surface area contributed by atoms with Crippen LogP contribution in [0.5, 0.6) is 5.75 Å². The molecule has 108 valence electrons. The second kappa shape index (κ2) is 5.17. The molecule has 0 spiro atoms. The molecular weight excluding hydrogens is 295 g/mol. The number of imidazole rings is 1. The number of rotatable bonds is 3. The van der Waals surface area contributed by atoms with E-state index in [-0.39, 0.29) is 5.75 Å². The van der Waals surface area contributed by atoms with Crippen molar-refractivity contribution in [2.75, 3.05) is 14.2 Å². The third kappa shape index (κ3) is 2.36. The van der Waals surface area contributed by atoms with E-state index in [0.29, 0.717) is 21.1 Å². The summed E-state index contributed by atoms with van der Waals surface area (Å²) in [6.45, 7) is 0. The molecule has 0 N–H and O–H groups in total. The monoisotopic (exact) mass is 306 g/mol. The molecule has 1 aromatic carbocycles. The number of methoxy groups -OCH3 is 2. The molecule has 0 saturated carbocycles. The number of aromatic nitrogens is 2. The molecule has 0 fully saturated rings. The van der Waals surface area contributed by atoms with Gasteiger partial charge < -0.3 is 9.47 Å². The van der Waals surface area contributed by atoms with Gasteiger partial charge in [-0.25, -0.2) is 14.2 Å². The van der Waals surface area contributed by atoms with E-state index in [1.165, 1.54) is 31.6 Å². The number of hydrogen-bond donors (Lipinski definition) is 0. The first kappa shape index (κ1) is 13.6. The molecule has 0 aliphatic carbocycles. The molecule has 0 unspecified atom stereocenters. The van der Waals surface area contributed by atoms with Gasteiger partial charge in [-0.2, -0.15) is 0 Å². The number of thiazole rings is 1. The van der Waals surface area contributed by atoms with Crippen LogP contribution < -0.4 is 4.74 Å². The average Bonchev–Trinajstić information content (AvgIpc) is 3.04. The quantitative estimate of drug-likeness (QED) is 0.698. The van der Waals surface area contributed by atoms with Gasteiger partial charge in [0.25, 0.3) is 0 Å². The minimum atomic E-state index is -0.443. The summed E-state index contributed by atoms with van der Waals surface area (Å²) < 4.78 is 25.0. The summed E-state index contributed by atoms with van der Waals surface area (Å²) in [5, 5.41) is 0. The fourth-order valence-corrected chi connectivity index (χ4v) is 2.84. The second-order valence-electron chi connectivity index (χ2n) is 4.25. The molecule has 0 radical (unpaired) electrons. The zero-order chi connectivity index (χ0) is 15.0. The number of esters is 1. The zero-order valence-electron chi connectivity index (χ0n) is 11.3. The van der Waals surface area contributed by atoms with E-state index in [1.807, 2.05) is 0 Å². The predicted molar refractivity (Wildman–Crippen MR) is 76.4 cm³/mol. The summed E-state index contributed by atoms with van der Waals surface area (Å²) in [5.74, 6) is -0.656. The Morgan fingerprint density at radius 3 is 2.76 bits per heavy atom. The minimum absolute atomic E-state index is 0.188. The maximum absolute atomic E-state index is 13.7. The van der Waals surface area contributed by atoms with Crippen LogP contribution in [0.3, 0.4) is 0 Å². The molecule has 0 amide bonds. The van der Waals surface area contributed by atoms with E-state index in [1.54, 1.807) is 28.9 Å². The maximum Gasteiger partial charge on any atom is 0.349 e. The molecule has 0 aliphatic rings. The number of benzene rings is 1. The van der Waals surface area contributed by atoms with Gasteiger partial charge in [0, 0.05) is 18.0 Å². The van der Waals surface area contributed by atoms with Gasteiger partial charge in [0.05, 0.1) is 19.9 Å². The van der Waals surface area contributed by atoms with Crippen molar-refractivity contribution < 1.29 is 18.7 Å². The van der Waals surface area contributed by atoms with Gasteiger partial charge in [0.2, 0.25) is 0 Å². The molecule has 3 rings (SSSR count). The lowest BCUT2D eigenvalue weighted by Crippen LogP contribution is -1.97. The highest BCUT2D eigenvalue weighted by molar-refractivity contribution is 7.18. The van der Waals surface area contributed by atoms with E-state index < -0.39 is 11.8 Å². The lowest BCUT2D eigenvalue weighted by molar-refractivity contribution is 0.0606. The summed E-state index contributed by atoms with van der Waals surface area (Å²) in [6.07, 6.45) is 3.38. The molecule has 21 heavy (non-hydrogen) atoms. The van der Waals surface area contributed by atoms with Crippen molar-refractivity contribution in [3.8, 4) is 17.0 Å². The highest BCUT2D eigenvalue weighted by atomic mass is 32.1. The van der Waals surface area contributed by atoms with Crippen LogP contribution in [-0.2, 0) is 4.74 Å². The normalized spacial score (nSPS) is 10.8. The first-order chi connectivity index (χ1) is 10.1. The summed E-state index contributed by atoms with van der Waals surface area (Å²) >= 11 is 1.22. The summed E-state index contributed by atoms with van der Waals surface area (Å²) in [4.78, 5) is 16.9. The largest absolute Gasteiger partial charge is 0.494 e. The summed E-state index contributed by atoms with van der Waals surface area (Å²) in [6, 6.07) is 4.65. The molecule has 2 heterocycles. The number of halogens is 1. The fourth-order valence-electron chi connectivity index (χ4n) is 1.96. The number of carbonyl (C=O) groups excluding carboxylic acids is 1. The third-order valence-electron chi connectivity index (χ3n) is 2.99. The Hall–Kier alpha value is -2.41. The minimum Gasteiger partial charge on any atom is -0.494 e. The fraction of sp³-hybridized carbons (Fsp3) is 0.143. The first-order valence-electron chi connectivity index (χ1n) is 6.03. The van der Waals surface area contributed by atoms with E-state index in [9.17, 15) is 9.18 Å². The molecule has 2 aromatic heterocycles. The average molecular weight is 306 g/mol. The van der Waals surface area contributed by atoms with Crippen LogP contribution in [0.4, 0.5) is 4.39 Å². The zero-order valence-corrected chi connectivity index (χ0v) is 12.1. The molecule has 0 saturated heterocycles. The maximum atomic E-state index is 13.7. The molecule has 0 bridgehead atoms. The van der Waals surface area contributed by atoms with Crippen molar-refractivity contribution >= 4 is 22.3 Å². The molecule has 7 heteroatoms. The van der Waals surface area contributed by atoms with Crippen LogP contribution in [-0.4, -0.2) is 29.6 Å². The Morgan fingerprint density at radius 2 is 2.14 bits per heavy atom. The van der Waals surface area contributed by atoms with Crippen LogP contribution in [0, 0.1) is 5.82 Å². The topological polar surface area (TPSA) is 52.8 Å². The summed E-state index contributed by atoms with van der Waals surface area (Å²) in [7, 11) is 2.75. The van der Waals surface area contributed by atoms with Gasteiger partial charge in [-0.15, -0.1) is 0 Å². The highest BCUT2D eigenvalue weighted by Gasteiger charge is 2.14. The Kier molecular flexibility index (Phi) is 3.34. The van der Waals surface area contributed by atoms with Gasteiger partial charge in [-0.1, -0.05) is 11.3 Å². The van der Waals surface area contributed by atoms with Crippen molar-refractivity contribution in [1.29, 1.82) is 0 Å². The van der Waals surface area contributed by atoms with Crippen molar-refractivity contribution in [2.24, 2.45) is 0 Å². The molecule has 0 atom stereocenters. The second-order valence-corrected chi connectivity index (χ2v) is 5.26. The Bertz CT molecular complexity index is 793. The van der Waals surface area contributed by atoms with Crippen LogP contribution in [0.1, 0.15) is 9.67 Å². The van der Waals surface area contributed by atoms with Gasteiger partial charge in [0.15, 0.2) is 16.5 Å².